The highest BCUT2D eigenvalue weighted by molar-refractivity contribution is 5.30. The molecule has 24 heavy (non-hydrogen) atoms. The van der Waals surface area contributed by atoms with Crippen LogP contribution in [-0.2, 0) is 23.7 Å². The summed E-state index contributed by atoms with van der Waals surface area (Å²) in [6.45, 7) is 13.7. The van der Waals surface area contributed by atoms with Gasteiger partial charge in [-0.3, -0.25) is 0 Å². The highest BCUT2D eigenvalue weighted by atomic mass is 14.2. The summed E-state index contributed by atoms with van der Waals surface area (Å²) >= 11 is 0. The Morgan fingerprint density at radius 1 is 0.583 bits per heavy atom. The second-order valence-corrected chi connectivity index (χ2v) is 9.11. The Balaban J connectivity index is 1.88. The lowest BCUT2D eigenvalue weighted by molar-refractivity contribution is 0.587. The molecule has 0 heterocycles. The molecule has 0 fully saturated rings. The zero-order valence-electron chi connectivity index (χ0n) is 16.4. The molecule has 0 aromatic heterocycles. The molecular formula is C24H34. The SMILES string of the molecule is CC(C)(C)c1cccc(CCCCc2cccc(C(C)(C)C)c2)c1. The molecule has 2 aromatic carbocycles. The van der Waals surface area contributed by atoms with Crippen molar-refractivity contribution in [2.24, 2.45) is 0 Å². The van der Waals surface area contributed by atoms with Gasteiger partial charge in [0.15, 0.2) is 0 Å². The lowest BCUT2D eigenvalue weighted by Crippen LogP contribution is -2.11. The molecule has 0 unspecified atom stereocenters. The molecule has 0 N–H and O–H groups in total. The lowest BCUT2D eigenvalue weighted by Gasteiger charge is -2.20. The molecule has 2 rings (SSSR count). The molecule has 0 aliphatic rings. The van der Waals surface area contributed by atoms with E-state index in [0.717, 1.165) is 0 Å². The second-order valence-electron chi connectivity index (χ2n) is 9.11. The molecule has 0 bridgehead atoms. The summed E-state index contributed by atoms with van der Waals surface area (Å²) in [5.41, 5.74) is 6.32. The Morgan fingerprint density at radius 3 is 1.29 bits per heavy atom. The molecule has 2 aromatic rings. The van der Waals surface area contributed by atoms with E-state index < -0.39 is 0 Å². The van der Waals surface area contributed by atoms with Crippen molar-refractivity contribution in [3.63, 3.8) is 0 Å². The maximum Gasteiger partial charge on any atom is -0.0132 e. The van der Waals surface area contributed by atoms with E-state index in [1.54, 1.807) is 0 Å². The van der Waals surface area contributed by atoms with Crippen molar-refractivity contribution in [2.75, 3.05) is 0 Å². The van der Waals surface area contributed by atoms with Crippen LogP contribution in [0.5, 0.6) is 0 Å². The summed E-state index contributed by atoms with van der Waals surface area (Å²) < 4.78 is 0. The van der Waals surface area contributed by atoms with Gasteiger partial charge in [-0.1, -0.05) is 90.1 Å². The zero-order chi connectivity index (χ0) is 17.8. The highest BCUT2D eigenvalue weighted by Crippen LogP contribution is 2.25. The fourth-order valence-electron chi connectivity index (χ4n) is 3.04. The molecule has 0 nitrogen and oxygen atoms in total. The molecule has 0 saturated heterocycles. The Bertz CT molecular complexity index is 591. The molecule has 0 amide bonds. The van der Waals surface area contributed by atoms with Crippen molar-refractivity contribution in [1.29, 1.82) is 0 Å². The van der Waals surface area contributed by atoms with Gasteiger partial charge in [-0.15, -0.1) is 0 Å². The number of aryl methyl sites for hydroxylation is 2. The van der Waals surface area contributed by atoms with Gasteiger partial charge in [0.25, 0.3) is 0 Å². The van der Waals surface area contributed by atoms with E-state index in [2.05, 4.69) is 90.1 Å². The molecule has 0 heteroatoms. The van der Waals surface area contributed by atoms with Gasteiger partial charge in [-0.05, 0) is 58.8 Å². The third-order valence-electron chi connectivity index (χ3n) is 4.77. The van der Waals surface area contributed by atoms with Gasteiger partial charge >= 0.3 is 0 Å². The molecule has 0 aliphatic heterocycles. The van der Waals surface area contributed by atoms with Crippen LogP contribution in [-0.4, -0.2) is 0 Å². The molecule has 0 aliphatic carbocycles. The first-order valence-electron chi connectivity index (χ1n) is 9.35. The summed E-state index contributed by atoms with van der Waals surface area (Å²) in [6, 6.07) is 18.2. The Labute approximate surface area is 149 Å². The van der Waals surface area contributed by atoms with Crippen LogP contribution in [0, 0.1) is 0 Å². The monoisotopic (exact) mass is 322 g/mol. The van der Waals surface area contributed by atoms with Crippen LogP contribution in [0.3, 0.4) is 0 Å². The number of unbranched alkanes of at least 4 members (excludes halogenated alkanes) is 1. The maximum absolute atomic E-state index is 2.39. The minimum absolute atomic E-state index is 0.239. The minimum Gasteiger partial charge on any atom is -0.0617 e. The topological polar surface area (TPSA) is 0 Å². The van der Waals surface area contributed by atoms with Gasteiger partial charge in [0.05, 0.1) is 0 Å². The molecule has 0 radical (unpaired) electrons. The largest absolute Gasteiger partial charge is 0.0617 e. The zero-order valence-corrected chi connectivity index (χ0v) is 16.4. The average molecular weight is 323 g/mol. The Hall–Kier alpha value is -1.56. The molecule has 130 valence electrons. The van der Waals surface area contributed by atoms with E-state index in [0.29, 0.717) is 0 Å². The van der Waals surface area contributed by atoms with Gasteiger partial charge in [0.2, 0.25) is 0 Å². The van der Waals surface area contributed by atoms with Gasteiger partial charge in [0, 0.05) is 0 Å². The fourth-order valence-corrected chi connectivity index (χ4v) is 3.04. The van der Waals surface area contributed by atoms with Crippen molar-refractivity contribution in [1.82, 2.24) is 0 Å². The Kier molecular flexibility index (Phi) is 5.91. The van der Waals surface area contributed by atoms with Gasteiger partial charge in [-0.25, -0.2) is 0 Å². The van der Waals surface area contributed by atoms with Crippen LogP contribution in [0.2, 0.25) is 0 Å². The third kappa shape index (κ3) is 5.51. The van der Waals surface area contributed by atoms with E-state index in [4.69, 9.17) is 0 Å². The van der Waals surface area contributed by atoms with Crippen molar-refractivity contribution in [2.45, 2.75) is 78.1 Å². The maximum atomic E-state index is 2.39. The number of benzene rings is 2. The lowest BCUT2D eigenvalue weighted by atomic mass is 9.85. The van der Waals surface area contributed by atoms with Crippen LogP contribution in [0.1, 0.15) is 76.6 Å². The summed E-state index contributed by atoms with van der Waals surface area (Å²) in [7, 11) is 0. The predicted octanol–water partition coefficient (Wildman–Crippen LogP) is 6.85. The predicted molar refractivity (Wildman–Crippen MR) is 107 cm³/mol. The first kappa shape index (κ1) is 18.8. The van der Waals surface area contributed by atoms with E-state index in [1.807, 2.05) is 0 Å². The van der Waals surface area contributed by atoms with Crippen LogP contribution >= 0.6 is 0 Å². The second kappa shape index (κ2) is 7.55. The first-order valence-corrected chi connectivity index (χ1v) is 9.35. The normalized spacial score (nSPS) is 12.4. The van der Waals surface area contributed by atoms with Gasteiger partial charge in [-0.2, -0.15) is 0 Å². The molecule has 0 spiro atoms. The van der Waals surface area contributed by atoms with E-state index >= 15 is 0 Å². The van der Waals surface area contributed by atoms with Crippen LogP contribution in [0.4, 0.5) is 0 Å². The minimum atomic E-state index is 0.239. The number of rotatable bonds is 5. The van der Waals surface area contributed by atoms with Crippen molar-refractivity contribution < 1.29 is 0 Å². The quantitative estimate of drug-likeness (QED) is 0.528. The molecular weight excluding hydrogens is 288 g/mol. The molecule has 0 atom stereocenters. The average Bonchev–Trinajstić information content (AvgIpc) is 2.51. The van der Waals surface area contributed by atoms with E-state index in [-0.39, 0.29) is 10.8 Å². The summed E-state index contributed by atoms with van der Waals surface area (Å²) in [4.78, 5) is 0. The van der Waals surface area contributed by atoms with E-state index in [1.165, 1.54) is 47.9 Å². The van der Waals surface area contributed by atoms with Crippen LogP contribution in [0.25, 0.3) is 0 Å². The third-order valence-corrected chi connectivity index (χ3v) is 4.77. The van der Waals surface area contributed by atoms with Crippen molar-refractivity contribution in [3.05, 3.63) is 70.8 Å². The number of hydrogen-bond donors (Lipinski definition) is 0. The van der Waals surface area contributed by atoms with Crippen molar-refractivity contribution in [3.8, 4) is 0 Å². The summed E-state index contributed by atoms with van der Waals surface area (Å²) in [6.07, 6.45) is 4.88. The highest BCUT2D eigenvalue weighted by Gasteiger charge is 2.14. The standard InChI is InChI=1S/C24H34/c1-23(2,3)21-15-9-13-19(17-21)11-7-8-12-20-14-10-16-22(18-20)24(4,5)6/h9-10,13-18H,7-8,11-12H2,1-6H3. The van der Waals surface area contributed by atoms with Gasteiger partial charge in [0.1, 0.15) is 0 Å². The first-order chi connectivity index (χ1) is 11.2. The molecule has 0 saturated carbocycles. The van der Waals surface area contributed by atoms with Gasteiger partial charge < -0.3 is 0 Å². The Morgan fingerprint density at radius 2 is 0.958 bits per heavy atom. The summed E-state index contributed by atoms with van der Waals surface area (Å²) in [5.74, 6) is 0. The van der Waals surface area contributed by atoms with Crippen molar-refractivity contribution >= 4 is 0 Å². The summed E-state index contributed by atoms with van der Waals surface area (Å²) in [5, 5.41) is 0. The van der Waals surface area contributed by atoms with Crippen LogP contribution < -0.4 is 0 Å². The smallest absolute Gasteiger partial charge is 0.0132 e. The van der Waals surface area contributed by atoms with E-state index in [9.17, 15) is 0 Å². The van der Waals surface area contributed by atoms with Crippen LogP contribution in [0.15, 0.2) is 48.5 Å². The number of hydrogen-bond acceptors (Lipinski definition) is 0. The fraction of sp³-hybridized carbons (Fsp3) is 0.500.